The van der Waals surface area contributed by atoms with Gasteiger partial charge in [0, 0.05) is 12.6 Å². The van der Waals surface area contributed by atoms with Crippen molar-refractivity contribution in [3.05, 3.63) is 69.8 Å². The van der Waals surface area contributed by atoms with Crippen LogP contribution in [0.25, 0.3) is 0 Å². The fourth-order valence-electron chi connectivity index (χ4n) is 1.69. The highest BCUT2D eigenvalue weighted by Gasteiger charge is 2.14. The fourth-order valence-corrected chi connectivity index (χ4v) is 1.69. The van der Waals surface area contributed by atoms with Gasteiger partial charge in [-0.05, 0) is 17.7 Å². The van der Waals surface area contributed by atoms with Crippen LogP contribution in [0.5, 0.6) is 0 Å². The summed E-state index contributed by atoms with van der Waals surface area (Å²) in [5.74, 6) is 0. The second-order valence-corrected chi connectivity index (χ2v) is 3.94. The van der Waals surface area contributed by atoms with Gasteiger partial charge in [-0.3, -0.25) is 10.1 Å². The molecule has 0 aromatic heterocycles. The van der Waals surface area contributed by atoms with Gasteiger partial charge in [-0.2, -0.15) is 5.26 Å². The van der Waals surface area contributed by atoms with Gasteiger partial charge < -0.3 is 5.32 Å². The maximum atomic E-state index is 11.0. The van der Waals surface area contributed by atoms with Crippen LogP contribution >= 0.6 is 0 Å². The van der Waals surface area contributed by atoms with Crippen molar-refractivity contribution in [1.82, 2.24) is 0 Å². The van der Waals surface area contributed by atoms with Crippen LogP contribution in [0.4, 0.5) is 11.4 Å². The van der Waals surface area contributed by atoms with Crippen LogP contribution < -0.4 is 5.32 Å². The summed E-state index contributed by atoms with van der Waals surface area (Å²) in [4.78, 5) is 10.5. The van der Waals surface area contributed by atoms with Crippen molar-refractivity contribution in [1.29, 1.82) is 5.26 Å². The third kappa shape index (κ3) is 3.07. The molecule has 0 aliphatic carbocycles. The minimum Gasteiger partial charge on any atom is -0.375 e. The quantitative estimate of drug-likeness (QED) is 0.670. The average Bonchev–Trinajstić information content (AvgIpc) is 2.46. The fraction of sp³-hybridized carbons (Fsp3) is 0.0714. The summed E-state index contributed by atoms with van der Waals surface area (Å²) < 4.78 is 0. The summed E-state index contributed by atoms with van der Waals surface area (Å²) in [5, 5.41) is 22.7. The third-order valence-electron chi connectivity index (χ3n) is 2.65. The number of nitro benzene ring substituents is 1. The molecule has 2 aromatic carbocycles. The first kappa shape index (κ1) is 12.6. The van der Waals surface area contributed by atoms with Gasteiger partial charge in [-0.25, -0.2) is 0 Å². The van der Waals surface area contributed by atoms with Gasteiger partial charge in [0.15, 0.2) is 0 Å². The van der Waals surface area contributed by atoms with Gasteiger partial charge in [-0.15, -0.1) is 0 Å². The third-order valence-corrected chi connectivity index (χ3v) is 2.65. The second-order valence-electron chi connectivity index (χ2n) is 3.94. The molecular weight excluding hydrogens is 242 g/mol. The molecule has 0 spiro atoms. The molecule has 2 rings (SSSR count). The predicted molar refractivity (Wildman–Crippen MR) is 71.6 cm³/mol. The molecule has 0 aliphatic rings. The maximum Gasteiger partial charge on any atom is 0.293 e. The van der Waals surface area contributed by atoms with Crippen molar-refractivity contribution in [3.63, 3.8) is 0 Å². The highest BCUT2D eigenvalue weighted by atomic mass is 16.6. The van der Waals surface area contributed by atoms with Crippen molar-refractivity contribution >= 4 is 11.4 Å². The molecule has 0 saturated heterocycles. The van der Waals surface area contributed by atoms with E-state index in [0.717, 1.165) is 5.56 Å². The Morgan fingerprint density at radius 3 is 2.58 bits per heavy atom. The topological polar surface area (TPSA) is 79.0 Å². The van der Waals surface area contributed by atoms with E-state index >= 15 is 0 Å². The zero-order chi connectivity index (χ0) is 13.7. The van der Waals surface area contributed by atoms with E-state index in [1.165, 1.54) is 6.07 Å². The number of nitriles is 1. The van der Waals surface area contributed by atoms with Crippen LogP contribution in [0.3, 0.4) is 0 Å². The van der Waals surface area contributed by atoms with Crippen molar-refractivity contribution < 1.29 is 4.92 Å². The summed E-state index contributed by atoms with van der Waals surface area (Å²) in [5.41, 5.74) is 1.63. The van der Waals surface area contributed by atoms with Gasteiger partial charge in [0.05, 0.1) is 16.6 Å². The number of anilines is 1. The Hall–Kier alpha value is -2.87. The Kier molecular flexibility index (Phi) is 3.74. The minimum absolute atomic E-state index is 0.0880. The van der Waals surface area contributed by atoms with E-state index < -0.39 is 4.92 Å². The lowest BCUT2D eigenvalue weighted by Gasteiger charge is -2.07. The predicted octanol–water partition coefficient (Wildman–Crippen LogP) is 3.08. The van der Waals surface area contributed by atoms with Gasteiger partial charge in [0.1, 0.15) is 5.69 Å². The van der Waals surface area contributed by atoms with Gasteiger partial charge in [0.2, 0.25) is 0 Å². The van der Waals surface area contributed by atoms with Crippen molar-refractivity contribution in [2.75, 3.05) is 5.32 Å². The number of benzene rings is 2. The Bertz CT molecular complexity index is 633. The smallest absolute Gasteiger partial charge is 0.293 e. The molecule has 0 heterocycles. The highest BCUT2D eigenvalue weighted by molar-refractivity contribution is 5.64. The van der Waals surface area contributed by atoms with E-state index in [1.54, 1.807) is 12.1 Å². The number of hydrogen-bond acceptors (Lipinski definition) is 4. The summed E-state index contributed by atoms with van der Waals surface area (Å²) >= 11 is 0. The molecule has 0 atom stereocenters. The average molecular weight is 253 g/mol. The van der Waals surface area contributed by atoms with Gasteiger partial charge in [-0.1, -0.05) is 30.3 Å². The molecule has 1 N–H and O–H groups in total. The molecule has 19 heavy (non-hydrogen) atoms. The largest absolute Gasteiger partial charge is 0.375 e. The van der Waals surface area contributed by atoms with E-state index in [4.69, 9.17) is 5.26 Å². The molecule has 94 valence electrons. The molecule has 0 unspecified atom stereocenters. The molecular formula is C14H11N3O2. The SMILES string of the molecule is N#Cc1ccc(NCc2ccccc2)c([N+](=O)[O-])c1. The van der Waals surface area contributed by atoms with Crippen LogP contribution in [0, 0.1) is 21.4 Å². The standard InChI is InChI=1S/C14H11N3O2/c15-9-12-6-7-13(14(8-12)17(18)19)16-10-11-4-2-1-3-5-11/h1-8,16H,10H2. The van der Waals surface area contributed by atoms with E-state index in [2.05, 4.69) is 5.32 Å². The molecule has 0 aliphatic heterocycles. The van der Waals surface area contributed by atoms with E-state index in [9.17, 15) is 10.1 Å². The summed E-state index contributed by atoms with van der Waals surface area (Å²) in [6, 6.07) is 15.9. The van der Waals surface area contributed by atoms with Crippen molar-refractivity contribution in [2.24, 2.45) is 0 Å². The monoisotopic (exact) mass is 253 g/mol. The van der Waals surface area contributed by atoms with Crippen LogP contribution in [0.15, 0.2) is 48.5 Å². The number of nitro groups is 1. The molecule has 2 aromatic rings. The molecule has 0 amide bonds. The summed E-state index contributed by atoms with van der Waals surface area (Å²) in [6.07, 6.45) is 0. The molecule has 5 nitrogen and oxygen atoms in total. The Morgan fingerprint density at radius 1 is 1.21 bits per heavy atom. The molecule has 0 saturated carbocycles. The maximum absolute atomic E-state index is 11.0. The summed E-state index contributed by atoms with van der Waals surface area (Å²) in [7, 11) is 0. The second kappa shape index (κ2) is 5.65. The molecule has 5 heteroatoms. The number of hydrogen-bond donors (Lipinski definition) is 1. The van der Waals surface area contributed by atoms with E-state index in [1.807, 2.05) is 36.4 Å². The van der Waals surface area contributed by atoms with Crippen LogP contribution in [-0.2, 0) is 6.54 Å². The van der Waals surface area contributed by atoms with Crippen molar-refractivity contribution in [3.8, 4) is 6.07 Å². The van der Waals surface area contributed by atoms with Crippen LogP contribution in [-0.4, -0.2) is 4.92 Å². The minimum atomic E-state index is -0.492. The van der Waals surface area contributed by atoms with Gasteiger partial charge >= 0.3 is 0 Å². The number of rotatable bonds is 4. The number of nitrogens with zero attached hydrogens (tertiary/aromatic N) is 2. The first-order valence-corrected chi connectivity index (χ1v) is 5.67. The lowest BCUT2D eigenvalue weighted by molar-refractivity contribution is -0.384. The Balaban J connectivity index is 2.21. The summed E-state index contributed by atoms with van der Waals surface area (Å²) in [6.45, 7) is 0.494. The normalized spacial score (nSPS) is 9.63. The van der Waals surface area contributed by atoms with Crippen LogP contribution in [0.1, 0.15) is 11.1 Å². The van der Waals surface area contributed by atoms with Crippen molar-refractivity contribution in [2.45, 2.75) is 6.54 Å². The first-order valence-electron chi connectivity index (χ1n) is 5.67. The molecule has 0 fully saturated rings. The van der Waals surface area contributed by atoms with E-state index in [-0.39, 0.29) is 11.3 Å². The van der Waals surface area contributed by atoms with Crippen LogP contribution in [0.2, 0.25) is 0 Å². The van der Waals surface area contributed by atoms with E-state index in [0.29, 0.717) is 12.2 Å². The lowest BCUT2D eigenvalue weighted by Crippen LogP contribution is -2.02. The Morgan fingerprint density at radius 2 is 1.95 bits per heavy atom. The number of nitrogens with one attached hydrogen (secondary N) is 1. The lowest BCUT2D eigenvalue weighted by atomic mass is 10.1. The molecule has 0 radical (unpaired) electrons. The first-order chi connectivity index (χ1) is 9.20. The zero-order valence-electron chi connectivity index (χ0n) is 10.0. The highest BCUT2D eigenvalue weighted by Crippen LogP contribution is 2.25. The zero-order valence-corrected chi connectivity index (χ0v) is 10.0. The van der Waals surface area contributed by atoms with Gasteiger partial charge in [0.25, 0.3) is 5.69 Å². The Labute approximate surface area is 110 Å². The molecule has 0 bridgehead atoms.